The topological polar surface area (TPSA) is 35.5 Å². The maximum atomic E-state index is 10.9. The summed E-state index contributed by atoms with van der Waals surface area (Å²) in [4.78, 5) is 10.9. The van der Waals surface area contributed by atoms with Crippen LogP contribution in [0.4, 0.5) is 0 Å². The second kappa shape index (κ2) is 3.31. The summed E-state index contributed by atoms with van der Waals surface area (Å²) in [6.45, 7) is 0. The molecule has 0 saturated heterocycles. The number of benzene rings is 1. The molecular weight excluding hydrogens is 168 g/mol. The summed E-state index contributed by atoms with van der Waals surface area (Å²) in [6.07, 6.45) is 2.00. The molecule has 0 fully saturated rings. The molecule has 1 aliphatic rings. The summed E-state index contributed by atoms with van der Waals surface area (Å²) < 4.78 is 10.0. The Labute approximate surface area is 75.6 Å². The monoisotopic (exact) mass is 176 g/mol. The van der Waals surface area contributed by atoms with Gasteiger partial charge in [-0.05, 0) is 0 Å². The van der Waals surface area contributed by atoms with Crippen molar-refractivity contribution in [3.63, 3.8) is 0 Å². The molecule has 0 saturated carbocycles. The zero-order valence-corrected chi connectivity index (χ0v) is 6.84. The Hall–Kier alpha value is -1.77. The van der Waals surface area contributed by atoms with Crippen LogP contribution in [0.1, 0.15) is 11.9 Å². The van der Waals surface area contributed by atoms with Crippen LogP contribution in [-0.2, 0) is 14.3 Å². The van der Waals surface area contributed by atoms with Gasteiger partial charge in [0.2, 0.25) is 0 Å². The summed E-state index contributed by atoms with van der Waals surface area (Å²) >= 11 is 0. The van der Waals surface area contributed by atoms with Gasteiger partial charge in [-0.25, -0.2) is 4.79 Å². The van der Waals surface area contributed by atoms with E-state index in [1.807, 2.05) is 30.3 Å². The smallest absolute Gasteiger partial charge is 0.337 e. The van der Waals surface area contributed by atoms with Gasteiger partial charge in [-0.15, -0.1) is 0 Å². The van der Waals surface area contributed by atoms with Gasteiger partial charge in [0.05, 0.1) is 12.3 Å². The first-order chi connectivity index (χ1) is 6.36. The van der Waals surface area contributed by atoms with Gasteiger partial charge in [0.15, 0.2) is 0 Å². The lowest BCUT2D eigenvalue weighted by atomic mass is 10.2. The third kappa shape index (κ3) is 1.69. The summed E-state index contributed by atoms with van der Waals surface area (Å²) in [5, 5.41) is 0. The highest BCUT2D eigenvalue weighted by molar-refractivity contribution is 5.82. The van der Waals surface area contributed by atoms with Crippen LogP contribution in [0.5, 0.6) is 0 Å². The van der Waals surface area contributed by atoms with E-state index >= 15 is 0 Å². The number of rotatable bonds is 1. The van der Waals surface area contributed by atoms with Crippen molar-refractivity contribution in [2.45, 2.75) is 6.29 Å². The fourth-order valence-corrected chi connectivity index (χ4v) is 1.10. The van der Waals surface area contributed by atoms with Crippen molar-refractivity contribution >= 4 is 5.97 Å². The molecular formula is C10H8O3. The number of esters is 1. The van der Waals surface area contributed by atoms with E-state index in [-0.39, 0.29) is 5.97 Å². The van der Waals surface area contributed by atoms with Crippen molar-refractivity contribution in [3.05, 3.63) is 48.2 Å². The van der Waals surface area contributed by atoms with E-state index in [9.17, 15) is 4.79 Å². The van der Waals surface area contributed by atoms with E-state index in [1.165, 1.54) is 12.3 Å². The van der Waals surface area contributed by atoms with E-state index in [0.717, 1.165) is 5.56 Å². The van der Waals surface area contributed by atoms with Gasteiger partial charge in [-0.3, -0.25) is 0 Å². The fourth-order valence-electron chi connectivity index (χ4n) is 1.10. The van der Waals surface area contributed by atoms with Crippen molar-refractivity contribution < 1.29 is 14.3 Å². The molecule has 1 atom stereocenters. The molecule has 13 heavy (non-hydrogen) atoms. The first-order valence-electron chi connectivity index (χ1n) is 3.94. The predicted molar refractivity (Wildman–Crippen MR) is 45.5 cm³/mol. The van der Waals surface area contributed by atoms with Gasteiger partial charge < -0.3 is 9.47 Å². The second-order valence-electron chi connectivity index (χ2n) is 2.62. The van der Waals surface area contributed by atoms with Crippen molar-refractivity contribution in [2.75, 3.05) is 0 Å². The summed E-state index contributed by atoms with van der Waals surface area (Å²) in [5.41, 5.74) is 0.834. The lowest BCUT2D eigenvalue weighted by Gasteiger charge is -2.19. The Bertz CT molecular complexity index is 329. The molecule has 3 nitrogen and oxygen atoms in total. The molecule has 0 spiro atoms. The van der Waals surface area contributed by atoms with E-state index in [4.69, 9.17) is 9.47 Å². The Kier molecular flexibility index (Phi) is 2.00. The normalized spacial score (nSPS) is 20.6. The van der Waals surface area contributed by atoms with E-state index in [2.05, 4.69) is 0 Å². The molecule has 1 aromatic rings. The molecule has 1 heterocycles. The van der Waals surface area contributed by atoms with E-state index in [1.54, 1.807) is 0 Å². The quantitative estimate of drug-likeness (QED) is 0.612. The summed E-state index contributed by atoms with van der Waals surface area (Å²) in [6, 6.07) is 9.31. The Morgan fingerprint density at radius 2 is 1.92 bits per heavy atom. The molecule has 0 N–H and O–H groups in total. The highest BCUT2D eigenvalue weighted by Crippen LogP contribution is 2.21. The van der Waals surface area contributed by atoms with Crippen LogP contribution >= 0.6 is 0 Å². The molecule has 0 aromatic heterocycles. The minimum absolute atomic E-state index is 0.375. The van der Waals surface area contributed by atoms with Gasteiger partial charge in [-0.1, -0.05) is 30.3 Å². The third-order valence-corrected chi connectivity index (χ3v) is 1.70. The molecule has 1 unspecified atom stereocenters. The van der Waals surface area contributed by atoms with Crippen LogP contribution in [0.15, 0.2) is 42.7 Å². The maximum absolute atomic E-state index is 10.9. The highest BCUT2D eigenvalue weighted by Gasteiger charge is 2.18. The molecule has 3 heteroatoms. The van der Waals surface area contributed by atoms with Crippen LogP contribution in [0.25, 0.3) is 0 Å². The number of carbonyl (C=O) groups excluding carboxylic acids is 1. The first-order valence-corrected chi connectivity index (χ1v) is 3.94. The van der Waals surface area contributed by atoms with Crippen LogP contribution in [0, 0.1) is 0 Å². The van der Waals surface area contributed by atoms with E-state index in [0.29, 0.717) is 0 Å². The number of cyclic esters (lactones) is 1. The van der Waals surface area contributed by atoms with Gasteiger partial charge in [0, 0.05) is 5.56 Å². The van der Waals surface area contributed by atoms with Crippen LogP contribution in [0.2, 0.25) is 0 Å². The van der Waals surface area contributed by atoms with Gasteiger partial charge >= 0.3 is 5.97 Å². The van der Waals surface area contributed by atoms with Gasteiger partial charge in [0.25, 0.3) is 6.29 Å². The molecule has 0 aliphatic carbocycles. The largest absolute Gasteiger partial charge is 0.458 e. The molecule has 2 rings (SSSR count). The molecule has 0 amide bonds. The summed E-state index contributed by atoms with van der Waals surface area (Å²) in [5.74, 6) is -0.375. The fraction of sp³-hybridized carbons (Fsp3) is 0.100. The number of hydrogen-bond donors (Lipinski definition) is 0. The zero-order valence-electron chi connectivity index (χ0n) is 6.84. The summed E-state index contributed by atoms with van der Waals surface area (Å²) in [7, 11) is 0. The minimum Gasteiger partial charge on any atom is -0.458 e. The van der Waals surface area contributed by atoms with E-state index < -0.39 is 6.29 Å². The van der Waals surface area contributed by atoms with Crippen molar-refractivity contribution in [1.82, 2.24) is 0 Å². The maximum Gasteiger partial charge on any atom is 0.337 e. The van der Waals surface area contributed by atoms with Gasteiger partial charge in [-0.2, -0.15) is 0 Å². The lowest BCUT2D eigenvalue weighted by Crippen LogP contribution is -2.14. The molecule has 66 valence electrons. The lowest BCUT2D eigenvalue weighted by molar-refractivity contribution is -0.170. The van der Waals surface area contributed by atoms with Crippen molar-refractivity contribution in [1.29, 1.82) is 0 Å². The van der Waals surface area contributed by atoms with Crippen LogP contribution in [0.3, 0.4) is 0 Å². The SMILES string of the molecule is O=C1C=COC(c2ccccc2)O1. The second-order valence-corrected chi connectivity index (χ2v) is 2.62. The standard InChI is InChI=1S/C10H8O3/c11-9-6-7-12-10(13-9)8-4-2-1-3-5-8/h1-7,10H. The molecule has 1 aliphatic heterocycles. The highest BCUT2D eigenvalue weighted by atomic mass is 16.7. The Morgan fingerprint density at radius 1 is 1.15 bits per heavy atom. The molecule has 1 aromatic carbocycles. The Morgan fingerprint density at radius 3 is 2.62 bits per heavy atom. The van der Waals surface area contributed by atoms with Crippen LogP contribution < -0.4 is 0 Å². The molecule has 0 radical (unpaired) electrons. The molecule has 0 bridgehead atoms. The number of carbonyl (C=O) groups is 1. The van der Waals surface area contributed by atoms with Gasteiger partial charge in [0.1, 0.15) is 0 Å². The minimum atomic E-state index is -0.598. The van der Waals surface area contributed by atoms with Crippen molar-refractivity contribution in [2.24, 2.45) is 0 Å². The predicted octanol–water partition coefficient (Wildman–Crippen LogP) is 1.77. The number of hydrogen-bond acceptors (Lipinski definition) is 3. The Balaban J connectivity index is 2.19. The average Bonchev–Trinajstić information content (AvgIpc) is 2.19. The van der Waals surface area contributed by atoms with Crippen molar-refractivity contribution in [3.8, 4) is 0 Å². The van der Waals surface area contributed by atoms with Crippen LogP contribution in [-0.4, -0.2) is 5.97 Å². The zero-order chi connectivity index (χ0) is 9.10. The third-order valence-electron chi connectivity index (χ3n) is 1.70. The first kappa shape index (κ1) is 7.86. The number of ether oxygens (including phenoxy) is 2. The average molecular weight is 176 g/mol.